The molecule has 1 heterocycles. The van der Waals surface area contributed by atoms with Crippen molar-refractivity contribution in [3.63, 3.8) is 0 Å². The Morgan fingerprint density at radius 3 is 2.59 bits per heavy atom. The zero-order valence-corrected chi connectivity index (χ0v) is 11.2. The Morgan fingerprint density at radius 1 is 1.27 bits per heavy atom. The minimum Gasteiger partial charge on any atom is -0.326 e. The van der Waals surface area contributed by atoms with Gasteiger partial charge in [-0.2, -0.15) is 13.2 Å². The van der Waals surface area contributed by atoms with E-state index in [-0.39, 0.29) is 18.5 Å². The van der Waals surface area contributed by atoms with Gasteiger partial charge >= 0.3 is 12.2 Å². The number of amides is 4. The second kappa shape index (κ2) is 6.04. The summed E-state index contributed by atoms with van der Waals surface area (Å²) in [4.78, 5) is 33.8. The molecule has 118 valence electrons. The number of urea groups is 1. The number of hydrogen-bond donors (Lipinski definition) is 3. The minimum absolute atomic E-state index is 0.0136. The van der Waals surface area contributed by atoms with Crippen LogP contribution in [-0.4, -0.2) is 23.9 Å². The summed E-state index contributed by atoms with van der Waals surface area (Å²) in [6.07, 6.45) is -4.55. The van der Waals surface area contributed by atoms with Crippen molar-refractivity contribution in [3.8, 4) is 0 Å². The second-order valence-corrected chi connectivity index (χ2v) is 4.68. The molecule has 2 rings (SSSR count). The van der Waals surface area contributed by atoms with Gasteiger partial charge in [0.15, 0.2) is 0 Å². The molecule has 1 aromatic carbocycles. The molecular weight excluding hydrogens is 303 g/mol. The zero-order chi connectivity index (χ0) is 16.3. The van der Waals surface area contributed by atoms with Gasteiger partial charge in [-0.3, -0.25) is 14.9 Å². The molecule has 6 nitrogen and oxygen atoms in total. The van der Waals surface area contributed by atoms with Crippen LogP contribution >= 0.6 is 0 Å². The number of carbonyl (C=O) groups excluding carboxylic acids is 3. The van der Waals surface area contributed by atoms with E-state index in [0.29, 0.717) is 0 Å². The van der Waals surface area contributed by atoms with Crippen LogP contribution in [0.3, 0.4) is 0 Å². The van der Waals surface area contributed by atoms with Crippen LogP contribution in [0, 0.1) is 0 Å². The molecule has 0 spiro atoms. The minimum atomic E-state index is -4.49. The van der Waals surface area contributed by atoms with E-state index in [1.807, 2.05) is 5.32 Å². The first-order valence-corrected chi connectivity index (χ1v) is 6.34. The molecule has 0 saturated carbocycles. The van der Waals surface area contributed by atoms with Gasteiger partial charge in [-0.25, -0.2) is 4.79 Å². The van der Waals surface area contributed by atoms with Crippen molar-refractivity contribution in [3.05, 3.63) is 29.8 Å². The fraction of sp³-hybridized carbons (Fsp3) is 0.308. The zero-order valence-electron chi connectivity index (χ0n) is 11.2. The summed E-state index contributed by atoms with van der Waals surface area (Å²) >= 11 is 0. The van der Waals surface area contributed by atoms with Gasteiger partial charge in [0.2, 0.25) is 5.91 Å². The number of hydrogen-bond acceptors (Lipinski definition) is 3. The molecule has 1 atom stereocenters. The molecule has 22 heavy (non-hydrogen) atoms. The van der Waals surface area contributed by atoms with Crippen LogP contribution < -0.4 is 16.0 Å². The quantitative estimate of drug-likeness (QED) is 0.738. The molecule has 1 aromatic rings. The molecule has 0 aliphatic carbocycles. The lowest BCUT2D eigenvalue weighted by molar-refractivity contribution is -0.137. The van der Waals surface area contributed by atoms with Gasteiger partial charge < -0.3 is 10.6 Å². The SMILES string of the molecule is O=C(CC[C@@H]1NC(=O)NC1=O)Nc1cccc(C(F)(F)F)c1. The number of nitrogens with one attached hydrogen (secondary N) is 3. The predicted octanol–water partition coefficient (Wildman–Crippen LogP) is 1.63. The largest absolute Gasteiger partial charge is 0.416 e. The molecule has 1 aliphatic heterocycles. The van der Waals surface area contributed by atoms with E-state index < -0.39 is 35.6 Å². The van der Waals surface area contributed by atoms with Crippen molar-refractivity contribution in [1.82, 2.24) is 10.6 Å². The summed E-state index contributed by atoms with van der Waals surface area (Å²) in [5.41, 5.74) is -0.854. The van der Waals surface area contributed by atoms with E-state index in [2.05, 4.69) is 10.6 Å². The lowest BCUT2D eigenvalue weighted by Gasteiger charge is -2.10. The van der Waals surface area contributed by atoms with Crippen LogP contribution in [0.1, 0.15) is 18.4 Å². The van der Waals surface area contributed by atoms with Crippen LogP contribution in [0.4, 0.5) is 23.7 Å². The molecule has 1 fully saturated rings. The van der Waals surface area contributed by atoms with Gasteiger partial charge in [-0.15, -0.1) is 0 Å². The number of halogens is 3. The Hall–Kier alpha value is -2.58. The number of anilines is 1. The average molecular weight is 315 g/mol. The van der Waals surface area contributed by atoms with Gasteiger partial charge in [0, 0.05) is 12.1 Å². The van der Waals surface area contributed by atoms with E-state index in [0.717, 1.165) is 12.1 Å². The summed E-state index contributed by atoms with van der Waals surface area (Å²) in [7, 11) is 0. The Kier molecular flexibility index (Phi) is 4.34. The fourth-order valence-corrected chi connectivity index (χ4v) is 1.93. The Morgan fingerprint density at radius 2 is 2.00 bits per heavy atom. The first-order valence-electron chi connectivity index (χ1n) is 6.34. The monoisotopic (exact) mass is 315 g/mol. The molecule has 1 saturated heterocycles. The van der Waals surface area contributed by atoms with Crippen LogP contribution in [0.5, 0.6) is 0 Å². The molecule has 1 aliphatic rings. The van der Waals surface area contributed by atoms with Crippen molar-refractivity contribution in [2.24, 2.45) is 0 Å². The fourth-order valence-electron chi connectivity index (χ4n) is 1.93. The van der Waals surface area contributed by atoms with Crippen LogP contribution in [-0.2, 0) is 15.8 Å². The summed E-state index contributed by atoms with van der Waals surface area (Å²) in [6, 6.07) is 2.80. The van der Waals surface area contributed by atoms with Crippen LogP contribution in [0.15, 0.2) is 24.3 Å². The third kappa shape index (κ3) is 3.96. The van der Waals surface area contributed by atoms with Crippen LogP contribution in [0.2, 0.25) is 0 Å². The molecule has 9 heteroatoms. The molecule has 0 radical (unpaired) electrons. The average Bonchev–Trinajstić information content (AvgIpc) is 2.74. The highest BCUT2D eigenvalue weighted by Crippen LogP contribution is 2.30. The third-order valence-corrected chi connectivity index (χ3v) is 2.99. The highest BCUT2D eigenvalue weighted by Gasteiger charge is 2.31. The molecule has 0 unspecified atom stereocenters. The number of carbonyl (C=O) groups is 3. The standard InChI is InChI=1S/C13H12F3N3O3/c14-13(15,16)7-2-1-3-8(6-7)17-10(20)5-4-9-11(21)19-12(22)18-9/h1-3,6,9H,4-5H2,(H,17,20)(H2,18,19,21,22)/t9-/m0/s1. The second-order valence-electron chi connectivity index (χ2n) is 4.68. The molecular formula is C13H12F3N3O3. The van der Waals surface area contributed by atoms with Crippen molar-refractivity contribution < 1.29 is 27.6 Å². The normalized spacial score (nSPS) is 17.9. The number of benzene rings is 1. The van der Waals surface area contributed by atoms with E-state index >= 15 is 0 Å². The van der Waals surface area contributed by atoms with Crippen molar-refractivity contribution in [2.75, 3.05) is 5.32 Å². The highest BCUT2D eigenvalue weighted by atomic mass is 19.4. The van der Waals surface area contributed by atoms with E-state index in [9.17, 15) is 27.6 Å². The molecule has 3 N–H and O–H groups in total. The Bertz CT molecular complexity index is 616. The lowest BCUT2D eigenvalue weighted by atomic mass is 10.1. The molecule has 0 bridgehead atoms. The van der Waals surface area contributed by atoms with E-state index in [1.54, 1.807) is 0 Å². The summed E-state index contributed by atoms with van der Waals surface area (Å²) in [6.45, 7) is 0. The Balaban J connectivity index is 1.90. The Labute approximate surface area is 123 Å². The maximum Gasteiger partial charge on any atom is 0.416 e. The van der Waals surface area contributed by atoms with E-state index in [4.69, 9.17) is 0 Å². The van der Waals surface area contributed by atoms with Gasteiger partial charge in [0.05, 0.1) is 5.56 Å². The van der Waals surface area contributed by atoms with Crippen LogP contribution in [0.25, 0.3) is 0 Å². The molecule has 0 aromatic heterocycles. The summed E-state index contributed by atoms with van der Waals surface area (Å²) in [5.74, 6) is -1.08. The highest BCUT2D eigenvalue weighted by molar-refractivity contribution is 6.04. The van der Waals surface area contributed by atoms with Gasteiger partial charge in [-0.1, -0.05) is 6.07 Å². The first-order chi connectivity index (χ1) is 10.3. The smallest absolute Gasteiger partial charge is 0.326 e. The lowest BCUT2D eigenvalue weighted by Crippen LogP contribution is -2.30. The maximum absolute atomic E-state index is 12.5. The number of rotatable bonds is 4. The maximum atomic E-state index is 12.5. The van der Waals surface area contributed by atoms with E-state index in [1.165, 1.54) is 12.1 Å². The predicted molar refractivity (Wildman–Crippen MR) is 69.8 cm³/mol. The third-order valence-electron chi connectivity index (χ3n) is 2.99. The summed E-state index contributed by atoms with van der Waals surface area (Å²) < 4.78 is 37.6. The first kappa shape index (κ1) is 15.8. The van der Waals surface area contributed by atoms with Crippen molar-refractivity contribution in [1.29, 1.82) is 0 Å². The number of imide groups is 1. The van der Waals surface area contributed by atoms with Crippen molar-refractivity contribution >= 4 is 23.5 Å². The van der Waals surface area contributed by atoms with Crippen molar-refractivity contribution in [2.45, 2.75) is 25.1 Å². The van der Waals surface area contributed by atoms with Gasteiger partial charge in [0.1, 0.15) is 6.04 Å². The topological polar surface area (TPSA) is 87.3 Å². The summed E-state index contributed by atoms with van der Waals surface area (Å²) in [5, 5.41) is 6.66. The number of alkyl halides is 3. The van der Waals surface area contributed by atoms with Gasteiger partial charge in [0.25, 0.3) is 5.91 Å². The van der Waals surface area contributed by atoms with Gasteiger partial charge in [-0.05, 0) is 24.6 Å². The molecule has 4 amide bonds.